The highest BCUT2D eigenvalue weighted by Crippen LogP contribution is 2.20. The molecule has 9 heteroatoms. The van der Waals surface area contributed by atoms with E-state index in [1.54, 1.807) is 20.0 Å². The van der Waals surface area contributed by atoms with Crippen molar-refractivity contribution in [2.45, 2.75) is 32.4 Å². The number of para-hydroxylation sites is 1. The van der Waals surface area contributed by atoms with Crippen molar-refractivity contribution in [2.75, 3.05) is 0 Å². The van der Waals surface area contributed by atoms with E-state index in [2.05, 4.69) is 9.98 Å². The largest absolute Gasteiger partial charge is 0.461 e. The second-order valence-corrected chi connectivity index (χ2v) is 6.65. The van der Waals surface area contributed by atoms with Crippen molar-refractivity contribution in [1.82, 2.24) is 15.6 Å². The van der Waals surface area contributed by atoms with Gasteiger partial charge in [0.2, 0.25) is 11.8 Å². The van der Waals surface area contributed by atoms with Gasteiger partial charge in [-0.2, -0.15) is 0 Å². The van der Waals surface area contributed by atoms with E-state index in [4.69, 9.17) is 4.74 Å². The number of esters is 1. The van der Waals surface area contributed by atoms with Crippen LogP contribution in [0.2, 0.25) is 0 Å². The van der Waals surface area contributed by atoms with Crippen molar-refractivity contribution in [3.63, 3.8) is 0 Å². The van der Waals surface area contributed by atoms with Crippen LogP contribution in [0.1, 0.15) is 19.4 Å². The monoisotopic (exact) mass is 384 g/mol. The Morgan fingerprint density at radius 3 is 2.54 bits per heavy atom. The number of rotatable bonds is 6. The van der Waals surface area contributed by atoms with Gasteiger partial charge in [-0.3, -0.25) is 25.2 Å². The summed E-state index contributed by atoms with van der Waals surface area (Å²) in [6.45, 7) is 3.44. The lowest BCUT2D eigenvalue weighted by Crippen LogP contribution is -2.56. The number of amides is 4. The summed E-state index contributed by atoms with van der Waals surface area (Å²) in [5.74, 6) is -3.44. The van der Waals surface area contributed by atoms with Crippen LogP contribution < -0.4 is 10.6 Å². The SMILES string of the molecule is CC(C)OC(=O)C(Cc1c[nH]c2ccccc12)N=CC1C(=O)NC(=O)NC1=O. The molecule has 1 atom stereocenters. The molecule has 1 saturated heterocycles. The topological polar surface area (TPSA) is 130 Å². The van der Waals surface area contributed by atoms with Crippen molar-refractivity contribution in [1.29, 1.82) is 0 Å². The number of nitrogens with one attached hydrogen (secondary N) is 3. The summed E-state index contributed by atoms with van der Waals surface area (Å²) in [5, 5.41) is 4.93. The molecule has 2 aromatic rings. The Morgan fingerprint density at radius 2 is 1.86 bits per heavy atom. The van der Waals surface area contributed by atoms with Gasteiger partial charge in [-0.25, -0.2) is 9.59 Å². The number of imide groups is 2. The number of H-pyrrole nitrogens is 1. The number of hydrogen-bond acceptors (Lipinski definition) is 6. The lowest BCUT2D eigenvalue weighted by molar-refractivity contribution is -0.149. The Labute approximate surface area is 160 Å². The molecule has 0 aliphatic carbocycles. The number of carbonyl (C=O) groups excluding carboxylic acids is 4. The first-order valence-corrected chi connectivity index (χ1v) is 8.79. The number of hydrogen-bond donors (Lipinski definition) is 3. The van der Waals surface area contributed by atoms with Gasteiger partial charge < -0.3 is 9.72 Å². The quantitative estimate of drug-likeness (QED) is 0.390. The molecule has 1 fully saturated rings. The molecule has 3 rings (SSSR count). The number of ether oxygens (including phenoxy) is 1. The molecule has 0 saturated carbocycles. The molecule has 1 aliphatic rings. The minimum atomic E-state index is -1.30. The standard InChI is InChI=1S/C19H20N4O5/c1-10(2)28-18(26)15(7-11-8-20-14-6-4-3-5-12(11)14)21-9-13-16(24)22-19(27)23-17(13)25/h3-6,8-10,13,15,20H,7H2,1-2H3,(H2,22,23,24,25,27). The van der Waals surface area contributed by atoms with Gasteiger partial charge in [0.1, 0.15) is 0 Å². The van der Waals surface area contributed by atoms with E-state index in [-0.39, 0.29) is 12.5 Å². The molecule has 1 aliphatic heterocycles. The maximum absolute atomic E-state index is 12.5. The van der Waals surface area contributed by atoms with E-state index in [1.807, 2.05) is 34.9 Å². The third-order valence-corrected chi connectivity index (χ3v) is 4.17. The predicted molar refractivity (Wildman–Crippen MR) is 101 cm³/mol. The number of aromatic amines is 1. The highest BCUT2D eigenvalue weighted by Gasteiger charge is 2.33. The number of aliphatic imine (C=N–C) groups is 1. The van der Waals surface area contributed by atoms with Crippen LogP contribution in [0.25, 0.3) is 10.9 Å². The van der Waals surface area contributed by atoms with Crippen molar-refractivity contribution < 1.29 is 23.9 Å². The zero-order valence-corrected chi connectivity index (χ0v) is 15.4. The fourth-order valence-electron chi connectivity index (χ4n) is 2.87. The van der Waals surface area contributed by atoms with E-state index in [9.17, 15) is 19.2 Å². The molecule has 1 unspecified atom stereocenters. The Bertz CT molecular complexity index is 942. The third-order valence-electron chi connectivity index (χ3n) is 4.17. The van der Waals surface area contributed by atoms with E-state index in [0.29, 0.717) is 0 Å². The Kier molecular flexibility index (Phi) is 5.53. The predicted octanol–water partition coefficient (Wildman–Crippen LogP) is 1.08. The first kappa shape index (κ1) is 19.3. The zero-order chi connectivity index (χ0) is 20.3. The Balaban J connectivity index is 1.84. The van der Waals surface area contributed by atoms with Crippen molar-refractivity contribution >= 4 is 40.9 Å². The fourth-order valence-corrected chi connectivity index (χ4v) is 2.87. The molecule has 146 valence electrons. The normalized spacial score (nSPS) is 16.5. The van der Waals surface area contributed by atoms with Crippen LogP contribution in [0.15, 0.2) is 35.5 Å². The lowest BCUT2D eigenvalue weighted by Gasteiger charge is -2.18. The molecule has 2 heterocycles. The highest BCUT2D eigenvalue weighted by atomic mass is 16.5. The third kappa shape index (κ3) is 4.25. The number of carbonyl (C=O) groups is 4. The molecule has 4 amide bonds. The number of barbiturate groups is 1. The molecule has 0 radical (unpaired) electrons. The van der Waals surface area contributed by atoms with Gasteiger partial charge >= 0.3 is 12.0 Å². The van der Waals surface area contributed by atoms with Crippen LogP contribution in [-0.4, -0.2) is 47.2 Å². The number of benzene rings is 1. The van der Waals surface area contributed by atoms with Crippen molar-refractivity contribution in [3.8, 4) is 0 Å². The molecular formula is C19H20N4O5. The summed E-state index contributed by atoms with van der Waals surface area (Å²) in [5.41, 5.74) is 1.77. The number of nitrogens with zero attached hydrogens (tertiary/aromatic N) is 1. The number of urea groups is 1. The van der Waals surface area contributed by atoms with E-state index in [0.717, 1.165) is 22.7 Å². The van der Waals surface area contributed by atoms with E-state index >= 15 is 0 Å². The molecule has 3 N–H and O–H groups in total. The van der Waals surface area contributed by atoms with Crippen LogP contribution >= 0.6 is 0 Å². The first-order valence-electron chi connectivity index (χ1n) is 8.79. The van der Waals surface area contributed by atoms with Gasteiger partial charge in [0.15, 0.2) is 12.0 Å². The van der Waals surface area contributed by atoms with Gasteiger partial charge in [0.25, 0.3) is 0 Å². The van der Waals surface area contributed by atoms with E-state index in [1.165, 1.54) is 0 Å². The second kappa shape index (κ2) is 8.03. The van der Waals surface area contributed by atoms with Gasteiger partial charge in [-0.15, -0.1) is 0 Å². The molecule has 1 aromatic heterocycles. The average molecular weight is 384 g/mol. The molecule has 1 aromatic carbocycles. The van der Waals surface area contributed by atoms with Crippen LogP contribution in [0.5, 0.6) is 0 Å². The smallest absolute Gasteiger partial charge is 0.331 e. The highest BCUT2D eigenvalue weighted by molar-refractivity contribution is 6.23. The lowest BCUT2D eigenvalue weighted by atomic mass is 10.0. The van der Waals surface area contributed by atoms with Gasteiger partial charge in [0, 0.05) is 29.7 Å². The summed E-state index contributed by atoms with van der Waals surface area (Å²) < 4.78 is 5.27. The Morgan fingerprint density at radius 1 is 1.18 bits per heavy atom. The molecule has 0 spiro atoms. The van der Waals surface area contributed by atoms with Crippen molar-refractivity contribution in [3.05, 3.63) is 36.0 Å². The summed E-state index contributed by atoms with van der Waals surface area (Å²) in [4.78, 5) is 54.7. The minimum absolute atomic E-state index is 0.223. The van der Waals surface area contributed by atoms with Crippen LogP contribution in [0, 0.1) is 5.92 Å². The zero-order valence-electron chi connectivity index (χ0n) is 15.4. The summed E-state index contributed by atoms with van der Waals surface area (Å²) >= 11 is 0. The molecular weight excluding hydrogens is 364 g/mol. The Hall–Kier alpha value is -3.49. The molecule has 9 nitrogen and oxygen atoms in total. The fraction of sp³-hybridized carbons (Fsp3) is 0.316. The number of aromatic nitrogens is 1. The second-order valence-electron chi connectivity index (χ2n) is 6.65. The molecule has 0 bridgehead atoms. The summed E-state index contributed by atoms with van der Waals surface area (Å²) in [6.07, 6.45) is 2.75. The van der Waals surface area contributed by atoms with E-state index < -0.39 is 35.8 Å². The summed E-state index contributed by atoms with van der Waals surface area (Å²) in [6, 6.07) is 5.79. The van der Waals surface area contributed by atoms with Gasteiger partial charge in [0.05, 0.1) is 6.10 Å². The van der Waals surface area contributed by atoms with Crippen LogP contribution in [0.4, 0.5) is 4.79 Å². The maximum atomic E-state index is 12.5. The minimum Gasteiger partial charge on any atom is -0.461 e. The summed E-state index contributed by atoms with van der Waals surface area (Å²) in [7, 11) is 0. The van der Waals surface area contributed by atoms with Gasteiger partial charge in [-0.05, 0) is 25.5 Å². The van der Waals surface area contributed by atoms with Crippen LogP contribution in [-0.2, 0) is 25.5 Å². The average Bonchev–Trinajstić information content (AvgIpc) is 3.02. The first-order chi connectivity index (χ1) is 13.3. The van der Waals surface area contributed by atoms with Crippen molar-refractivity contribution in [2.24, 2.45) is 10.9 Å². The van der Waals surface area contributed by atoms with Gasteiger partial charge in [-0.1, -0.05) is 18.2 Å². The van der Waals surface area contributed by atoms with Crippen LogP contribution in [0.3, 0.4) is 0 Å². The maximum Gasteiger partial charge on any atom is 0.331 e. The molecule has 28 heavy (non-hydrogen) atoms. The number of fused-ring (bicyclic) bond motifs is 1.